The van der Waals surface area contributed by atoms with E-state index in [1.165, 1.54) is 13.0 Å². The minimum Gasteiger partial charge on any atom is -0.370 e. The highest BCUT2D eigenvalue weighted by atomic mass is 19.4. The summed E-state index contributed by atoms with van der Waals surface area (Å²) in [5.74, 6) is -1.46. The van der Waals surface area contributed by atoms with Gasteiger partial charge in [-0.2, -0.15) is 18.4 Å². The van der Waals surface area contributed by atoms with Crippen molar-refractivity contribution in [2.45, 2.75) is 51.9 Å². The number of halogens is 4. The number of rotatable bonds is 4. The fraction of sp³-hybridized carbons (Fsp3) is 0.480. The van der Waals surface area contributed by atoms with Gasteiger partial charge in [0.2, 0.25) is 0 Å². The third-order valence-corrected chi connectivity index (χ3v) is 6.79. The number of piperidine rings is 1. The highest BCUT2D eigenvalue weighted by molar-refractivity contribution is 6.22. The average Bonchev–Trinajstić information content (AvgIpc) is 3.18. The molecular weight excluding hydrogens is 462 g/mol. The monoisotopic (exact) mass is 489 g/mol. The molecule has 0 radical (unpaired) electrons. The number of aliphatic imine (C=N–C) groups is 1. The summed E-state index contributed by atoms with van der Waals surface area (Å²) in [7, 11) is 0. The molecule has 1 fully saturated rings. The minimum atomic E-state index is -4.83. The van der Waals surface area contributed by atoms with E-state index in [0.717, 1.165) is 11.8 Å². The van der Waals surface area contributed by atoms with Gasteiger partial charge in [-0.1, -0.05) is 12.1 Å². The highest BCUT2D eigenvalue weighted by Gasteiger charge is 2.37. The Morgan fingerprint density at radius 3 is 2.63 bits per heavy atom. The van der Waals surface area contributed by atoms with Crippen molar-refractivity contribution in [3.63, 3.8) is 0 Å². The topological polar surface area (TPSA) is 71.7 Å². The largest absolute Gasteiger partial charge is 0.419 e. The number of fused-ring (bicyclic) bond motifs is 1. The third-order valence-electron chi connectivity index (χ3n) is 6.79. The van der Waals surface area contributed by atoms with Crippen LogP contribution in [0.15, 0.2) is 46.7 Å². The zero-order valence-corrected chi connectivity index (χ0v) is 19.8. The number of carbonyl (C=O) groups excluding carboxylic acids is 1. The van der Waals surface area contributed by atoms with Gasteiger partial charge < -0.3 is 15.1 Å². The molecule has 1 saturated heterocycles. The molecule has 3 aliphatic heterocycles. The number of amides is 1. The van der Waals surface area contributed by atoms with Crippen LogP contribution in [0.25, 0.3) is 0 Å². The molecule has 35 heavy (non-hydrogen) atoms. The van der Waals surface area contributed by atoms with Crippen molar-refractivity contribution in [2.75, 3.05) is 19.6 Å². The summed E-state index contributed by atoms with van der Waals surface area (Å²) in [6.07, 6.45) is 0.205. The number of nitrogens with zero attached hydrogens (tertiary/aromatic N) is 4. The summed E-state index contributed by atoms with van der Waals surface area (Å²) >= 11 is 0. The smallest absolute Gasteiger partial charge is 0.370 e. The molecule has 2 atom stereocenters. The lowest BCUT2D eigenvalue weighted by molar-refractivity contribution is -0.140. The number of alkyl halides is 3. The maximum Gasteiger partial charge on any atom is 0.419 e. The molecule has 186 valence electrons. The number of hydrogen-bond acceptors (Lipinski definition) is 5. The number of nitriles is 1. The van der Waals surface area contributed by atoms with E-state index >= 15 is 0 Å². The zero-order valence-electron chi connectivity index (χ0n) is 19.8. The van der Waals surface area contributed by atoms with Gasteiger partial charge in [-0.05, 0) is 45.8 Å². The van der Waals surface area contributed by atoms with E-state index < -0.39 is 29.5 Å². The number of amidine groups is 1. The summed E-state index contributed by atoms with van der Waals surface area (Å²) in [6, 6.07) is 4.36. The third kappa shape index (κ3) is 4.90. The first-order valence-corrected chi connectivity index (χ1v) is 11.5. The van der Waals surface area contributed by atoms with E-state index in [1.54, 1.807) is 6.08 Å². The first-order valence-electron chi connectivity index (χ1n) is 11.5. The van der Waals surface area contributed by atoms with E-state index in [-0.39, 0.29) is 22.6 Å². The van der Waals surface area contributed by atoms with Crippen LogP contribution in [0.2, 0.25) is 0 Å². The molecule has 0 bridgehead atoms. The van der Waals surface area contributed by atoms with Gasteiger partial charge in [-0.3, -0.25) is 9.79 Å². The fourth-order valence-corrected chi connectivity index (χ4v) is 4.61. The first-order chi connectivity index (χ1) is 16.4. The lowest BCUT2D eigenvalue weighted by Gasteiger charge is -2.38. The number of carbonyl (C=O) groups is 1. The van der Waals surface area contributed by atoms with Crippen molar-refractivity contribution in [2.24, 2.45) is 10.4 Å². The van der Waals surface area contributed by atoms with Crippen LogP contribution in [-0.2, 0) is 11.0 Å². The predicted octanol–water partition coefficient (Wildman–Crippen LogP) is 4.53. The Kier molecular flexibility index (Phi) is 6.38. The van der Waals surface area contributed by atoms with Crippen LogP contribution in [0.3, 0.4) is 0 Å². The van der Waals surface area contributed by atoms with Crippen LogP contribution >= 0.6 is 0 Å². The van der Waals surface area contributed by atoms with Crippen LogP contribution in [0, 0.1) is 22.6 Å². The molecule has 0 unspecified atom stereocenters. The molecule has 10 heteroatoms. The summed E-state index contributed by atoms with van der Waals surface area (Å²) in [4.78, 5) is 21.8. The van der Waals surface area contributed by atoms with Crippen LogP contribution in [0.5, 0.6) is 0 Å². The molecule has 6 nitrogen and oxygen atoms in total. The first kappa shape index (κ1) is 24.8. The van der Waals surface area contributed by atoms with Crippen LogP contribution in [0.4, 0.5) is 17.6 Å². The van der Waals surface area contributed by atoms with E-state index in [4.69, 9.17) is 0 Å². The van der Waals surface area contributed by atoms with Gasteiger partial charge in [0, 0.05) is 31.4 Å². The second-order valence-electron chi connectivity index (χ2n) is 9.63. The normalized spacial score (nSPS) is 22.5. The van der Waals surface area contributed by atoms with Gasteiger partial charge >= 0.3 is 6.18 Å². The van der Waals surface area contributed by atoms with Gasteiger partial charge in [0.25, 0.3) is 5.91 Å². The summed E-state index contributed by atoms with van der Waals surface area (Å²) < 4.78 is 54.0. The van der Waals surface area contributed by atoms with Crippen molar-refractivity contribution in [1.82, 2.24) is 15.1 Å². The van der Waals surface area contributed by atoms with Crippen molar-refractivity contribution < 1.29 is 22.4 Å². The van der Waals surface area contributed by atoms with E-state index in [0.29, 0.717) is 44.4 Å². The second kappa shape index (κ2) is 9.02. The molecule has 0 aromatic heterocycles. The molecule has 1 aromatic carbocycles. The number of nitrogens with one attached hydrogen (secondary N) is 1. The van der Waals surface area contributed by atoms with Gasteiger partial charge in [0.1, 0.15) is 11.7 Å². The number of allylic oxidation sites excluding steroid dienone is 1. The quantitative estimate of drug-likeness (QED) is 0.631. The Hall–Kier alpha value is -3.35. The average molecular weight is 490 g/mol. The maximum atomic E-state index is 14.6. The van der Waals surface area contributed by atoms with Crippen molar-refractivity contribution in [3.8, 4) is 6.07 Å². The molecule has 1 N–H and O–H groups in total. The lowest BCUT2D eigenvalue weighted by Crippen LogP contribution is -2.41. The predicted molar refractivity (Wildman–Crippen MR) is 122 cm³/mol. The van der Waals surface area contributed by atoms with Crippen molar-refractivity contribution in [1.29, 1.82) is 5.26 Å². The van der Waals surface area contributed by atoms with Gasteiger partial charge in [-0.25, -0.2) is 4.39 Å². The molecule has 3 aliphatic rings. The van der Waals surface area contributed by atoms with Crippen molar-refractivity contribution >= 4 is 11.7 Å². The van der Waals surface area contributed by atoms with Crippen LogP contribution < -0.4 is 5.32 Å². The SMILES string of the molecule is C[C@@H]1CN2C=C(N3CCC(C)(C#N)CC3)C=C(C(=O)N[C@H](C)c3cccc(C(F)(F)F)c3F)C2=N1. The summed E-state index contributed by atoms with van der Waals surface area (Å²) in [5.41, 5.74) is -0.908. The molecule has 0 spiro atoms. The second-order valence-corrected chi connectivity index (χ2v) is 9.63. The van der Waals surface area contributed by atoms with Crippen LogP contribution in [-0.4, -0.2) is 47.2 Å². The molecular formula is C25H27F4N5O. The Morgan fingerprint density at radius 2 is 2.00 bits per heavy atom. The van der Waals surface area contributed by atoms with Crippen LogP contribution in [0.1, 0.15) is 50.8 Å². The molecule has 4 rings (SSSR count). The standard InChI is InChI=1S/C25H27F4N5O/c1-15-12-34-13-17(33-9-7-24(3,14-30)8-10-33)11-19(22(34)31-15)23(35)32-16(2)18-5-4-6-20(21(18)26)25(27,28)29/h4-6,11,13,15-16H,7-10,12H2,1-3H3,(H,32,35)/t15-,16-/m1/s1. The van der Waals surface area contributed by atoms with E-state index in [1.807, 2.05) is 24.9 Å². The van der Waals surface area contributed by atoms with E-state index in [9.17, 15) is 27.6 Å². The fourth-order valence-electron chi connectivity index (χ4n) is 4.61. The molecule has 3 heterocycles. The highest BCUT2D eigenvalue weighted by Crippen LogP contribution is 2.35. The summed E-state index contributed by atoms with van der Waals surface area (Å²) in [5, 5.41) is 12.1. The maximum absolute atomic E-state index is 14.6. The molecule has 1 amide bonds. The summed E-state index contributed by atoms with van der Waals surface area (Å²) in [6.45, 7) is 7.21. The number of benzene rings is 1. The zero-order chi connectivity index (χ0) is 25.5. The van der Waals surface area contributed by atoms with Gasteiger partial charge in [0.05, 0.1) is 40.4 Å². The Bertz CT molecular complexity index is 1160. The number of likely N-dealkylation sites (tertiary alicyclic amines) is 1. The Balaban J connectivity index is 1.58. The number of hydrogen-bond donors (Lipinski definition) is 1. The minimum absolute atomic E-state index is 0.0432. The molecule has 1 aromatic rings. The Morgan fingerprint density at radius 1 is 1.31 bits per heavy atom. The molecule has 0 aliphatic carbocycles. The van der Waals surface area contributed by atoms with Gasteiger partial charge in [-0.15, -0.1) is 0 Å². The molecule has 0 saturated carbocycles. The van der Waals surface area contributed by atoms with Gasteiger partial charge in [0.15, 0.2) is 0 Å². The van der Waals surface area contributed by atoms with Crippen molar-refractivity contribution in [3.05, 3.63) is 58.7 Å². The lowest BCUT2D eigenvalue weighted by atomic mass is 9.82. The van der Waals surface area contributed by atoms with E-state index in [2.05, 4.69) is 21.3 Å². The Labute approximate surface area is 201 Å².